The van der Waals surface area contributed by atoms with Crippen molar-refractivity contribution in [3.05, 3.63) is 36.5 Å². The Morgan fingerprint density at radius 1 is 0.333 bits per heavy atom. The number of rotatable bonds is 72. The summed E-state index contributed by atoms with van der Waals surface area (Å²) in [4.78, 5) is 24.6. The van der Waals surface area contributed by atoms with Gasteiger partial charge in [0.2, 0.25) is 5.91 Å². The van der Waals surface area contributed by atoms with Gasteiger partial charge in [0.25, 0.3) is 0 Å². The summed E-state index contributed by atoms with van der Waals surface area (Å²) in [6.07, 6.45) is 95.1. The normalized spacial score (nSPS) is 12.7. The molecule has 6 heteroatoms. The Hall–Kier alpha value is -1.92. The van der Waals surface area contributed by atoms with Gasteiger partial charge >= 0.3 is 5.97 Å². The first kappa shape index (κ1) is 82.1. The molecule has 1 amide bonds. The zero-order chi connectivity index (χ0) is 60.6. The van der Waals surface area contributed by atoms with Crippen molar-refractivity contribution >= 4 is 11.9 Å². The van der Waals surface area contributed by atoms with Crippen LogP contribution in [-0.4, -0.2) is 47.4 Å². The summed E-state index contributed by atoms with van der Waals surface area (Å²) >= 11 is 0. The highest BCUT2D eigenvalue weighted by molar-refractivity contribution is 5.76. The Balaban J connectivity index is 3.34. The third-order valence-electron chi connectivity index (χ3n) is 17.9. The van der Waals surface area contributed by atoms with Crippen molar-refractivity contribution in [2.45, 2.75) is 437 Å². The van der Waals surface area contributed by atoms with E-state index >= 15 is 0 Å². The fourth-order valence-electron chi connectivity index (χ4n) is 12.1. The van der Waals surface area contributed by atoms with Crippen LogP contribution in [0, 0.1) is 0 Å². The van der Waals surface area contributed by atoms with Crippen molar-refractivity contribution in [2.75, 3.05) is 13.2 Å². The van der Waals surface area contributed by atoms with Crippen molar-refractivity contribution in [1.29, 1.82) is 0 Å². The Bertz CT molecular complexity index is 1360. The minimum absolute atomic E-state index is 0.00600. The first-order valence-corrected chi connectivity index (χ1v) is 38.2. The standard InChI is InChI=1S/C78H149NO5/c1-3-5-7-9-11-13-15-17-19-20-40-43-46-50-54-58-62-66-70-76(81)75(74-80)79-77(82)71-67-63-59-55-51-47-44-41-38-36-34-32-30-28-26-24-22-21-23-25-27-29-31-33-35-37-39-42-45-49-53-57-61-65-69-73-84-78(83)72-68-64-60-56-52-48-18-16-14-12-10-8-6-4-2/h10,12,16,18,23,25,75-76,80-81H,3-9,11,13-15,17,19-22,24,26-74H2,1-2H3,(H,79,82)/b12-10-,18-16-,25-23-. The number of aliphatic hydroxyl groups is 2. The summed E-state index contributed by atoms with van der Waals surface area (Å²) in [7, 11) is 0. The smallest absolute Gasteiger partial charge is 0.305 e. The number of unbranched alkanes of at least 4 members (excludes halogenated alkanes) is 55. The minimum Gasteiger partial charge on any atom is -0.466 e. The molecule has 0 aromatic heterocycles. The predicted octanol–water partition coefficient (Wildman–Crippen LogP) is 25.0. The molecule has 0 bridgehead atoms. The predicted molar refractivity (Wildman–Crippen MR) is 370 cm³/mol. The summed E-state index contributed by atoms with van der Waals surface area (Å²) in [6, 6.07) is -0.539. The molecule has 0 radical (unpaired) electrons. The molecule has 0 aliphatic heterocycles. The van der Waals surface area contributed by atoms with Gasteiger partial charge in [-0.3, -0.25) is 9.59 Å². The molecule has 496 valence electrons. The second-order valence-corrected chi connectivity index (χ2v) is 26.3. The number of nitrogens with one attached hydrogen (secondary N) is 1. The molecule has 0 fully saturated rings. The van der Waals surface area contributed by atoms with E-state index in [1.807, 2.05) is 0 Å². The highest BCUT2D eigenvalue weighted by atomic mass is 16.5. The Labute approximate surface area is 525 Å². The summed E-state index contributed by atoms with van der Waals surface area (Å²) in [5, 5.41) is 23.4. The lowest BCUT2D eigenvalue weighted by Crippen LogP contribution is -2.45. The third-order valence-corrected chi connectivity index (χ3v) is 17.9. The van der Waals surface area contributed by atoms with Gasteiger partial charge in [-0.05, 0) is 77.0 Å². The van der Waals surface area contributed by atoms with Gasteiger partial charge in [-0.2, -0.15) is 0 Å². The molecule has 0 aliphatic carbocycles. The van der Waals surface area contributed by atoms with Crippen LogP contribution in [0.15, 0.2) is 36.5 Å². The fourth-order valence-corrected chi connectivity index (χ4v) is 12.1. The van der Waals surface area contributed by atoms with E-state index in [1.54, 1.807) is 0 Å². The van der Waals surface area contributed by atoms with Gasteiger partial charge in [0.15, 0.2) is 0 Å². The van der Waals surface area contributed by atoms with E-state index in [0.29, 0.717) is 25.9 Å². The van der Waals surface area contributed by atoms with Crippen LogP contribution in [0.3, 0.4) is 0 Å². The molecule has 2 atom stereocenters. The lowest BCUT2D eigenvalue weighted by Gasteiger charge is -2.22. The first-order chi connectivity index (χ1) is 41.5. The molecule has 0 spiro atoms. The van der Waals surface area contributed by atoms with Gasteiger partial charge < -0.3 is 20.3 Å². The Kier molecular flexibility index (Phi) is 71.9. The molecule has 0 heterocycles. The van der Waals surface area contributed by atoms with Crippen molar-refractivity contribution in [3.8, 4) is 0 Å². The number of hydrogen-bond acceptors (Lipinski definition) is 5. The van der Waals surface area contributed by atoms with Gasteiger partial charge in [0, 0.05) is 12.8 Å². The average Bonchev–Trinajstić information content (AvgIpc) is 3.51. The van der Waals surface area contributed by atoms with E-state index < -0.39 is 12.1 Å². The SMILES string of the molecule is CCCC/C=C\C/C=C\CCCCCCCC(=O)OCCCCCCCCCCCCCCCC/C=C\CCCCCCCCCCCCCCCCCCCC(=O)NC(CO)C(O)CCCCCCCCCCCCCCCCCCCC. The highest BCUT2D eigenvalue weighted by Gasteiger charge is 2.20. The lowest BCUT2D eigenvalue weighted by molar-refractivity contribution is -0.143. The molecule has 0 aromatic rings. The number of carbonyl (C=O) groups is 2. The minimum atomic E-state index is -0.662. The zero-order valence-corrected chi connectivity index (χ0v) is 56.9. The number of amides is 1. The molecular formula is C78H149NO5. The molecule has 3 N–H and O–H groups in total. The number of allylic oxidation sites excluding steroid dienone is 6. The summed E-state index contributed by atoms with van der Waals surface area (Å²) in [6.45, 7) is 4.95. The summed E-state index contributed by atoms with van der Waals surface area (Å²) in [5.41, 5.74) is 0. The van der Waals surface area contributed by atoms with Crippen LogP contribution in [0.2, 0.25) is 0 Å². The maximum Gasteiger partial charge on any atom is 0.305 e. The van der Waals surface area contributed by atoms with E-state index in [1.165, 1.54) is 340 Å². The third kappa shape index (κ3) is 69.2. The average molecular weight is 1180 g/mol. The van der Waals surface area contributed by atoms with Crippen LogP contribution in [0.4, 0.5) is 0 Å². The van der Waals surface area contributed by atoms with Crippen LogP contribution in [0.25, 0.3) is 0 Å². The molecular weight excluding hydrogens is 1030 g/mol. The van der Waals surface area contributed by atoms with Crippen molar-refractivity contribution in [2.24, 2.45) is 0 Å². The van der Waals surface area contributed by atoms with Gasteiger partial charge in [-0.15, -0.1) is 0 Å². The molecule has 84 heavy (non-hydrogen) atoms. The zero-order valence-electron chi connectivity index (χ0n) is 56.9. The van der Waals surface area contributed by atoms with Crippen molar-refractivity contribution in [1.82, 2.24) is 5.32 Å². The quantitative estimate of drug-likeness (QED) is 0.0320. The number of esters is 1. The molecule has 0 rings (SSSR count). The molecule has 6 nitrogen and oxygen atoms in total. The lowest BCUT2D eigenvalue weighted by atomic mass is 10.0. The highest BCUT2D eigenvalue weighted by Crippen LogP contribution is 2.19. The maximum absolute atomic E-state index is 12.5. The van der Waals surface area contributed by atoms with Crippen molar-refractivity contribution in [3.63, 3.8) is 0 Å². The molecule has 0 aliphatic rings. The molecule has 0 saturated carbocycles. The van der Waals surface area contributed by atoms with Gasteiger partial charge in [0.1, 0.15) is 0 Å². The number of hydrogen-bond donors (Lipinski definition) is 3. The number of ether oxygens (including phenoxy) is 1. The summed E-state index contributed by atoms with van der Waals surface area (Å²) < 4.78 is 5.49. The van der Waals surface area contributed by atoms with Crippen LogP contribution in [-0.2, 0) is 14.3 Å². The van der Waals surface area contributed by atoms with E-state index in [9.17, 15) is 19.8 Å². The molecule has 0 saturated heterocycles. The van der Waals surface area contributed by atoms with Gasteiger partial charge in [0.05, 0.1) is 25.4 Å². The van der Waals surface area contributed by atoms with Crippen LogP contribution in [0.5, 0.6) is 0 Å². The van der Waals surface area contributed by atoms with Gasteiger partial charge in [-0.1, -0.05) is 371 Å². The maximum atomic E-state index is 12.5. The van der Waals surface area contributed by atoms with E-state index in [4.69, 9.17) is 4.74 Å². The first-order valence-electron chi connectivity index (χ1n) is 38.2. The van der Waals surface area contributed by atoms with Crippen LogP contribution < -0.4 is 5.32 Å². The summed E-state index contributed by atoms with van der Waals surface area (Å²) in [5.74, 6) is -0.0213. The topological polar surface area (TPSA) is 95.9 Å². The second-order valence-electron chi connectivity index (χ2n) is 26.3. The monoisotopic (exact) mass is 1180 g/mol. The van der Waals surface area contributed by atoms with E-state index in [-0.39, 0.29) is 18.5 Å². The van der Waals surface area contributed by atoms with E-state index in [2.05, 4.69) is 55.6 Å². The Morgan fingerprint density at radius 3 is 0.952 bits per heavy atom. The van der Waals surface area contributed by atoms with Crippen LogP contribution in [0.1, 0.15) is 425 Å². The van der Waals surface area contributed by atoms with Crippen LogP contribution >= 0.6 is 0 Å². The molecule has 2 unspecified atom stereocenters. The Morgan fingerprint density at radius 2 is 0.607 bits per heavy atom. The molecule has 0 aromatic carbocycles. The fraction of sp³-hybridized carbons (Fsp3) is 0.897. The number of aliphatic hydroxyl groups excluding tert-OH is 2. The largest absolute Gasteiger partial charge is 0.466 e. The van der Waals surface area contributed by atoms with E-state index in [0.717, 1.165) is 51.4 Å². The van der Waals surface area contributed by atoms with Gasteiger partial charge in [-0.25, -0.2) is 0 Å². The second kappa shape index (κ2) is 73.5. The number of carbonyl (C=O) groups excluding carboxylic acids is 2. The van der Waals surface area contributed by atoms with Crippen molar-refractivity contribution < 1.29 is 24.5 Å².